The lowest BCUT2D eigenvalue weighted by Crippen LogP contribution is -2.19. The van der Waals surface area contributed by atoms with E-state index in [0.717, 1.165) is 0 Å². The van der Waals surface area contributed by atoms with Gasteiger partial charge in [0.25, 0.3) is 0 Å². The minimum absolute atomic E-state index is 0.125. The average molecular weight is 291 g/mol. The number of thioether (sulfide) groups is 1. The summed E-state index contributed by atoms with van der Waals surface area (Å²) < 4.78 is 0. The zero-order valence-electron chi connectivity index (χ0n) is 10.5. The highest BCUT2D eigenvalue weighted by Crippen LogP contribution is 2.22. The number of aliphatic carboxylic acids is 1. The van der Waals surface area contributed by atoms with Crippen LogP contribution < -0.4 is 0 Å². The molecule has 0 saturated carbocycles. The van der Waals surface area contributed by atoms with Gasteiger partial charge in [-0.2, -0.15) is 0 Å². The third-order valence-corrected chi connectivity index (χ3v) is 3.68. The average Bonchev–Trinajstić information content (AvgIpc) is 2.46. The first kappa shape index (κ1) is 14.3. The summed E-state index contributed by atoms with van der Waals surface area (Å²) in [4.78, 5) is 23.1. The molecule has 0 saturated heterocycles. The Hall–Kier alpha value is -2.15. The fourth-order valence-corrected chi connectivity index (χ4v) is 2.49. The van der Waals surface area contributed by atoms with Crippen molar-refractivity contribution in [2.24, 2.45) is 5.92 Å². The Labute approximate surface area is 119 Å². The van der Waals surface area contributed by atoms with E-state index in [1.807, 2.05) is 0 Å². The summed E-state index contributed by atoms with van der Waals surface area (Å²) in [7, 11) is 0. The summed E-state index contributed by atoms with van der Waals surface area (Å²) in [6.07, 6.45) is 4.89. The van der Waals surface area contributed by atoms with Crippen LogP contribution in [-0.2, 0) is 11.2 Å². The monoisotopic (exact) mass is 291 g/mol. The highest BCUT2D eigenvalue weighted by atomic mass is 32.2. The maximum Gasteiger partial charge on any atom is 0.307 e. The first-order chi connectivity index (χ1) is 9.66. The summed E-state index contributed by atoms with van der Waals surface area (Å²) in [5.41, 5.74) is 0.523. The third kappa shape index (κ3) is 3.92. The molecule has 0 bridgehead atoms. The molecule has 0 aliphatic heterocycles. The number of carboxylic acids is 1. The molecule has 2 aromatic rings. The van der Waals surface area contributed by atoms with E-state index in [-0.39, 0.29) is 12.3 Å². The van der Waals surface area contributed by atoms with Crippen LogP contribution in [0.4, 0.5) is 0 Å². The van der Waals surface area contributed by atoms with Crippen molar-refractivity contribution in [2.75, 3.05) is 5.75 Å². The van der Waals surface area contributed by atoms with Crippen molar-refractivity contribution in [2.45, 2.75) is 11.6 Å². The number of aromatic nitrogens is 3. The van der Waals surface area contributed by atoms with E-state index in [9.17, 15) is 15.0 Å². The molecular formula is C13H13N3O3S. The van der Waals surface area contributed by atoms with Gasteiger partial charge in [0.1, 0.15) is 0 Å². The van der Waals surface area contributed by atoms with E-state index in [0.29, 0.717) is 16.5 Å². The summed E-state index contributed by atoms with van der Waals surface area (Å²) in [6, 6.07) is 5.04. The second kappa shape index (κ2) is 6.85. The largest absolute Gasteiger partial charge is 0.493 e. The molecule has 0 fully saturated rings. The number of hydrogen-bond donors (Lipinski definition) is 2. The Kier molecular flexibility index (Phi) is 4.89. The number of aromatic hydroxyl groups is 1. The van der Waals surface area contributed by atoms with Gasteiger partial charge in [0.2, 0.25) is 5.88 Å². The van der Waals surface area contributed by atoms with Gasteiger partial charge < -0.3 is 10.2 Å². The van der Waals surface area contributed by atoms with Crippen molar-refractivity contribution in [1.29, 1.82) is 0 Å². The van der Waals surface area contributed by atoms with Crippen LogP contribution >= 0.6 is 11.8 Å². The Morgan fingerprint density at radius 3 is 2.55 bits per heavy atom. The number of rotatable bonds is 6. The summed E-state index contributed by atoms with van der Waals surface area (Å²) in [5, 5.41) is 19.4. The predicted octanol–water partition coefficient (Wildman–Crippen LogP) is 1.61. The number of hydrogen-bond acceptors (Lipinski definition) is 6. The first-order valence-corrected chi connectivity index (χ1v) is 6.91. The molecule has 2 N–H and O–H groups in total. The first-order valence-electron chi connectivity index (χ1n) is 5.92. The van der Waals surface area contributed by atoms with Crippen molar-refractivity contribution < 1.29 is 15.0 Å². The van der Waals surface area contributed by atoms with E-state index in [1.54, 1.807) is 30.6 Å². The quantitative estimate of drug-likeness (QED) is 0.616. The highest BCUT2D eigenvalue weighted by molar-refractivity contribution is 7.99. The maximum absolute atomic E-state index is 11.3. The molecule has 2 aromatic heterocycles. The standard InChI is InChI=1S/C13H13N3O3S/c17-11-9(3-1-4-14-11)7-10(12(18)19)8-20-13-15-5-2-6-16-13/h1-6,10H,7-8H2,(H,14,17)(H,18,19). The molecule has 2 rings (SSSR count). The van der Waals surface area contributed by atoms with Crippen molar-refractivity contribution in [3.63, 3.8) is 0 Å². The summed E-state index contributed by atoms with van der Waals surface area (Å²) >= 11 is 1.28. The molecule has 0 amide bonds. The molecule has 0 aliphatic carbocycles. The minimum atomic E-state index is -0.920. The lowest BCUT2D eigenvalue weighted by atomic mass is 10.0. The molecule has 0 spiro atoms. The Morgan fingerprint density at radius 2 is 1.90 bits per heavy atom. The molecule has 0 aliphatic rings. The smallest absolute Gasteiger partial charge is 0.307 e. The van der Waals surface area contributed by atoms with Crippen LogP contribution in [0.3, 0.4) is 0 Å². The lowest BCUT2D eigenvalue weighted by Gasteiger charge is -2.11. The van der Waals surface area contributed by atoms with Crippen LogP contribution in [0.15, 0.2) is 41.9 Å². The molecule has 0 aromatic carbocycles. The van der Waals surface area contributed by atoms with Gasteiger partial charge in [0.15, 0.2) is 5.16 Å². The van der Waals surface area contributed by atoms with E-state index in [1.165, 1.54) is 18.0 Å². The normalized spacial score (nSPS) is 12.0. The molecule has 2 heterocycles. The van der Waals surface area contributed by atoms with Crippen LogP contribution in [0, 0.1) is 5.92 Å². The third-order valence-electron chi connectivity index (χ3n) is 2.64. The molecule has 104 valence electrons. The Morgan fingerprint density at radius 1 is 1.20 bits per heavy atom. The topological polar surface area (TPSA) is 96.2 Å². The number of carboxylic acid groups (broad SMARTS) is 1. The number of nitrogens with zero attached hydrogens (tertiary/aromatic N) is 3. The molecule has 6 nitrogen and oxygen atoms in total. The zero-order chi connectivity index (χ0) is 14.4. The summed E-state index contributed by atoms with van der Waals surface area (Å²) in [6.45, 7) is 0. The lowest BCUT2D eigenvalue weighted by molar-refractivity contribution is -0.140. The van der Waals surface area contributed by atoms with Gasteiger partial charge in [-0.15, -0.1) is 0 Å². The van der Waals surface area contributed by atoms with Crippen molar-refractivity contribution in [3.05, 3.63) is 42.4 Å². The van der Waals surface area contributed by atoms with Crippen LogP contribution in [0.2, 0.25) is 0 Å². The van der Waals surface area contributed by atoms with Gasteiger partial charge in [0.05, 0.1) is 5.92 Å². The molecular weight excluding hydrogens is 278 g/mol. The van der Waals surface area contributed by atoms with Crippen molar-refractivity contribution in [3.8, 4) is 5.88 Å². The SMILES string of the molecule is O=C(O)C(CSc1ncccn1)Cc1cccnc1O. The fourth-order valence-electron chi connectivity index (χ4n) is 1.61. The molecule has 7 heteroatoms. The van der Waals surface area contributed by atoms with Crippen LogP contribution in [0.1, 0.15) is 5.56 Å². The molecule has 1 unspecified atom stereocenters. The van der Waals surface area contributed by atoms with Crippen LogP contribution in [0.5, 0.6) is 5.88 Å². The van der Waals surface area contributed by atoms with Gasteiger partial charge in [-0.05, 0) is 18.6 Å². The number of pyridine rings is 1. The van der Waals surface area contributed by atoms with Crippen LogP contribution in [-0.4, -0.2) is 36.9 Å². The second-order valence-electron chi connectivity index (χ2n) is 4.07. The maximum atomic E-state index is 11.3. The Balaban J connectivity index is 2.01. The molecule has 1 atom stereocenters. The van der Waals surface area contributed by atoms with E-state index < -0.39 is 11.9 Å². The van der Waals surface area contributed by atoms with Crippen molar-refractivity contribution >= 4 is 17.7 Å². The zero-order valence-corrected chi connectivity index (χ0v) is 11.3. The van der Waals surface area contributed by atoms with Gasteiger partial charge in [-0.3, -0.25) is 4.79 Å². The molecule has 20 heavy (non-hydrogen) atoms. The minimum Gasteiger partial charge on any atom is -0.493 e. The fraction of sp³-hybridized carbons (Fsp3) is 0.231. The second-order valence-corrected chi connectivity index (χ2v) is 5.05. The molecule has 0 radical (unpaired) electrons. The van der Waals surface area contributed by atoms with E-state index in [2.05, 4.69) is 15.0 Å². The van der Waals surface area contributed by atoms with E-state index >= 15 is 0 Å². The van der Waals surface area contributed by atoms with E-state index in [4.69, 9.17) is 0 Å². The summed E-state index contributed by atoms with van der Waals surface area (Å²) in [5.74, 6) is -1.36. The highest BCUT2D eigenvalue weighted by Gasteiger charge is 2.20. The van der Waals surface area contributed by atoms with Crippen molar-refractivity contribution in [1.82, 2.24) is 15.0 Å². The predicted molar refractivity (Wildman–Crippen MR) is 73.5 cm³/mol. The Bertz CT molecular complexity index is 580. The van der Waals surface area contributed by atoms with Crippen LogP contribution in [0.25, 0.3) is 0 Å². The van der Waals surface area contributed by atoms with Gasteiger partial charge in [-0.1, -0.05) is 17.8 Å². The van der Waals surface area contributed by atoms with Gasteiger partial charge in [-0.25, -0.2) is 15.0 Å². The van der Waals surface area contributed by atoms with Gasteiger partial charge in [0, 0.05) is 29.9 Å². The number of carbonyl (C=O) groups is 1. The van der Waals surface area contributed by atoms with Gasteiger partial charge >= 0.3 is 5.97 Å².